The van der Waals surface area contributed by atoms with Crippen LogP contribution in [-0.4, -0.2) is 21.1 Å². The molecule has 2 N–H and O–H groups in total. The lowest BCUT2D eigenvalue weighted by Gasteiger charge is -2.22. The van der Waals surface area contributed by atoms with Gasteiger partial charge in [-0.2, -0.15) is 5.10 Å². The van der Waals surface area contributed by atoms with Crippen LogP contribution in [0.2, 0.25) is 0 Å². The van der Waals surface area contributed by atoms with Crippen LogP contribution in [0, 0.1) is 5.92 Å². The third-order valence-corrected chi connectivity index (χ3v) is 4.96. The fourth-order valence-corrected chi connectivity index (χ4v) is 3.14. The molecule has 0 amide bonds. The van der Waals surface area contributed by atoms with Crippen LogP contribution >= 0.6 is 15.9 Å². The number of rotatable bonds is 6. The van der Waals surface area contributed by atoms with Gasteiger partial charge in [0.05, 0.1) is 27.8 Å². The minimum atomic E-state index is -0.686. The van der Waals surface area contributed by atoms with E-state index in [0.29, 0.717) is 12.3 Å². The lowest BCUT2D eigenvalue weighted by Crippen LogP contribution is -2.48. The summed E-state index contributed by atoms with van der Waals surface area (Å²) >= 11 is 3.57. The summed E-state index contributed by atoms with van der Waals surface area (Å²) in [6, 6.07) is 0. The van der Waals surface area contributed by atoms with Gasteiger partial charge in [0.15, 0.2) is 5.78 Å². The third kappa shape index (κ3) is 2.77. The van der Waals surface area contributed by atoms with Crippen LogP contribution in [0.4, 0.5) is 0 Å². The van der Waals surface area contributed by atoms with Crippen LogP contribution in [-0.2, 0) is 24.2 Å². The monoisotopic (exact) mass is 327 g/mol. The summed E-state index contributed by atoms with van der Waals surface area (Å²) in [5, 5.41) is 4.52. The average Bonchev–Trinajstić information content (AvgIpc) is 3.18. The Labute approximate surface area is 122 Å². The van der Waals surface area contributed by atoms with Gasteiger partial charge in [-0.15, -0.1) is 0 Å². The van der Waals surface area contributed by atoms with E-state index in [0.717, 1.165) is 41.7 Å². The van der Waals surface area contributed by atoms with Crippen molar-refractivity contribution in [3.05, 3.63) is 15.9 Å². The largest absolute Gasteiger partial charge is 0.319 e. The first-order chi connectivity index (χ1) is 8.91. The van der Waals surface area contributed by atoms with E-state index < -0.39 is 5.54 Å². The van der Waals surface area contributed by atoms with E-state index >= 15 is 0 Å². The van der Waals surface area contributed by atoms with Gasteiger partial charge in [0.1, 0.15) is 0 Å². The maximum Gasteiger partial charge on any atom is 0.158 e. The van der Waals surface area contributed by atoms with Crippen LogP contribution in [0.1, 0.15) is 45.0 Å². The van der Waals surface area contributed by atoms with E-state index in [-0.39, 0.29) is 5.78 Å². The SMILES string of the molecule is CCc1nn(CC)c(CC(=O)C(C)(N)C2CC2)c1Br. The molecule has 1 fully saturated rings. The minimum Gasteiger partial charge on any atom is -0.319 e. The molecule has 1 saturated carbocycles. The number of nitrogens with zero attached hydrogens (tertiary/aromatic N) is 2. The molecule has 2 rings (SSSR count). The molecule has 1 aromatic rings. The number of carbonyl (C=O) groups excluding carboxylic acids is 1. The quantitative estimate of drug-likeness (QED) is 0.873. The molecule has 4 nitrogen and oxygen atoms in total. The molecule has 0 bridgehead atoms. The Morgan fingerprint density at radius 1 is 1.53 bits per heavy atom. The van der Waals surface area contributed by atoms with Gasteiger partial charge in [-0.25, -0.2) is 0 Å². The van der Waals surface area contributed by atoms with Crippen LogP contribution < -0.4 is 5.73 Å². The smallest absolute Gasteiger partial charge is 0.158 e. The Morgan fingerprint density at radius 3 is 2.63 bits per heavy atom. The van der Waals surface area contributed by atoms with E-state index in [9.17, 15) is 4.79 Å². The summed E-state index contributed by atoms with van der Waals surface area (Å²) < 4.78 is 2.88. The number of hydrogen-bond acceptors (Lipinski definition) is 3. The predicted molar refractivity (Wildman–Crippen MR) is 79.0 cm³/mol. The Balaban J connectivity index is 2.23. The highest BCUT2D eigenvalue weighted by atomic mass is 79.9. The zero-order chi connectivity index (χ0) is 14.2. The molecule has 0 saturated heterocycles. The van der Waals surface area contributed by atoms with Crippen LogP contribution in [0.5, 0.6) is 0 Å². The predicted octanol–water partition coefficient (Wildman–Crippen LogP) is 2.47. The lowest BCUT2D eigenvalue weighted by atomic mass is 9.89. The molecule has 5 heteroatoms. The van der Waals surface area contributed by atoms with Gasteiger partial charge in [-0.05, 0) is 55.0 Å². The number of carbonyl (C=O) groups is 1. The van der Waals surface area contributed by atoms with Crippen LogP contribution in [0.15, 0.2) is 4.47 Å². The van der Waals surface area contributed by atoms with E-state index in [1.165, 1.54) is 0 Å². The summed E-state index contributed by atoms with van der Waals surface area (Å²) in [6.07, 6.45) is 3.38. The van der Waals surface area contributed by atoms with Crippen molar-refractivity contribution in [1.29, 1.82) is 0 Å². The zero-order valence-corrected chi connectivity index (χ0v) is 13.5. The zero-order valence-electron chi connectivity index (χ0n) is 11.9. The highest BCUT2D eigenvalue weighted by Crippen LogP contribution is 2.39. The molecule has 1 aliphatic carbocycles. The molecule has 1 aliphatic rings. The Kier molecular flexibility index (Phi) is 4.16. The van der Waals surface area contributed by atoms with Gasteiger partial charge in [-0.1, -0.05) is 6.92 Å². The molecule has 1 heterocycles. The molecule has 19 heavy (non-hydrogen) atoms. The maximum atomic E-state index is 12.4. The second-order valence-corrected chi connectivity index (χ2v) is 6.33. The molecule has 1 unspecified atom stereocenters. The van der Waals surface area contributed by atoms with Crippen molar-refractivity contribution in [3.63, 3.8) is 0 Å². The molecular weight excluding hydrogens is 306 g/mol. The fraction of sp³-hybridized carbons (Fsp3) is 0.714. The molecule has 106 valence electrons. The summed E-state index contributed by atoms with van der Waals surface area (Å²) in [4.78, 5) is 12.4. The van der Waals surface area contributed by atoms with Gasteiger partial charge < -0.3 is 5.73 Å². The first-order valence-corrected chi connectivity index (χ1v) is 7.77. The van der Waals surface area contributed by atoms with Crippen LogP contribution in [0.25, 0.3) is 0 Å². The fourth-order valence-electron chi connectivity index (χ4n) is 2.44. The van der Waals surface area contributed by atoms with E-state index in [4.69, 9.17) is 5.73 Å². The van der Waals surface area contributed by atoms with Gasteiger partial charge >= 0.3 is 0 Å². The summed E-state index contributed by atoms with van der Waals surface area (Å²) in [7, 11) is 0. The van der Waals surface area contributed by atoms with E-state index in [2.05, 4.69) is 28.0 Å². The minimum absolute atomic E-state index is 0.118. The van der Waals surface area contributed by atoms with Crippen molar-refractivity contribution in [2.45, 2.75) is 58.5 Å². The molecule has 0 radical (unpaired) electrons. The first-order valence-electron chi connectivity index (χ1n) is 6.98. The number of aromatic nitrogens is 2. The van der Waals surface area contributed by atoms with E-state index in [1.807, 2.05) is 18.5 Å². The number of hydrogen-bond donors (Lipinski definition) is 1. The molecular formula is C14H22BrN3O. The van der Waals surface area contributed by atoms with Crippen molar-refractivity contribution in [3.8, 4) is 0 Å². The second-order valence-electron chi connectivity index (χ2n) is 5.53. The average molecular weight is 328 g/mol. The van der Waals surface area contributed by atoms with Crippen molar-refractivity contribution in [2.75, 3.05) is 0 Å². The van der Waals surface area contributed by atoms with Gasteiger partial charge in [-0.3, -0.25) is 9.48 Å². The Bertz CT molecular complexity index is 489. The van der Waals surface area contributed by atoms with Crippen molar-refractivity contribution in [2.24, 2.45) is 11.7 Å². The topological polar surface area (TPSA) is 60.9 Å². The summed E-state index contributed by atoms with van der Waals surface area (Å²) in [6.45, 7) is 6.74. The van der Waals surface area contributed by atoms with Gasteiger partial charge in [0.2, 0.25) is 0 Å². The first kappa shape index (κ1) is 14.7. The van der Waals surface area contributed by atoms with Crippen LogP contribution in [0.3, 0.4) is 0 Å². The highest BCUT2D eigenvalue weighted by molar-refractivity contribution is 9.10. The van der Waals surface area contributed by atoms with E-state index in [1.54, 1.807) is 0 Å². The lowest BCUT2D eigenvalue weighted by molar-refractivity contribution is -0.123. The number of aryl methyl sites for hydroxylation is 2. The van der Waals surface area contributed by atoms with Crippen molar-refractivity contribution in [1.82, 2.24) is 9.78 Å². The van der Waals surface area contributed by atoms with Crippen molar-refractivity contribution >= 4 is 21.7 Å². The Hall–Kier alpha value is -0.680. The highest BCUT2D eigenvalue weighted by Gasteiger charge is 2.43. The van der Waals surface area contributed by atoms with Gasteiger partial charge in [0, 0.05) is 6.54 Å². The molecule has 1 aromatic heterocycles. The Morgan fingerprint density at radius 2 is 2.16 bits per heavy atom. The summed E-state index contributed by atoms with van der Waals surface area (Å²) in [5.41, 5.74) is 7.48. The second kappa shape index (κ2) is 5.37. The standard InChI is InChI=1S/C14H22BrN3O/c1-4-10-13(15)11(18(5-2)17-10)8-12(19)14(3,16)9-6-7-9/h9H,4-8,16H2,1-3H3. The molecule has 0 aromatic carbocycles. The maximum absolute atomic E-state index is 12.4. The summed E-state index contributed by atoms with van der Waals surface area (Å²) in [5.74, 6) is 0.482. The third-order valence-electron chi connectivity index (χ3n) is 4.05. The number of Topliss-reactive ketones (excluding diaryl/α,β-unsaturated/α-hetero) is 1. The molecule has 0 aliphatic heterocycles. The number of halogens is 1. The molecule has 0 spiro atoms. The van der Waals surface area contributed by atoms with Crippen molar-refractivity contribution < 1.29 is 4.79 Å². The number of ketones is 1. The van der Waals surface area contributed by atoms with Gasteiger partial charge in [0.25, 0.3) is 0 Å². The molecule has 1 atom stereocenters. The number of nitrogens with two attached hydrogens (primary N) is 1. The normalized spacial score (nSPS) is 18.4.